The van der Waals surface area contributed by atoms with Gasteiger partial charge in [-0.1, -0.05) is 6.07 Å². The monoisotopic (exact) mass is 402 g/mol. The third-order valence-electron chi connectivity index (χ3n) is 7.61. The summed E-state index contributed by atoms with van der Waals surface area (Å²) in [5, 5.41) is 13.0. The van der Waals surface area contributed by atoms with Crippen LogP contribution in [0.2, 0.25) is 0 Å². The maximum absolute atomic E-state index is 13.2. The number of aliphatic hydroxyl groups excluding tert-OH is 1. The van der Waals surface area contributed by atoms with Gasteiger partial charge in [0.05, 0.1) is 17.6 Å². The Morgan fingerprint density at radius 1 is 1.38 bits per heavy atom. The molecule has 1 unspecified atom stereocenters. The van der Waals surface area contributed by atoms with Crippen LogP contribution in [0.5, 0.6) is 0 Å². The lowest BCUT2D eigenvalue weighted by Crippen LogP contribution is -2.60. The van der Waals surface area contributed by atoms with E-state index in [0.717, 1.165) is 32.3 Å². The quantitative estimate of drug-likeness (QED) is 0.786. The molecular weight excluding hydrogens is 375 g/mol. The van der Waals surface area contributed by atoms with Gasteiger partial charge < -0.3 is 20.1 Å². The Kier molecular flexibility index (Phi) is 4.26. The van der Waals surface area contributed by atoms with Crippen LogP contribution in [0.25, 0.3) is 0 Å². The summed E-state index contributed by atoms with van der Waals surface area (Å²) in [6, 6.07) is 3.97. The van der Waals surface area contributed by atoms with Crippen LogP contribution in [0.3, 0.4) is 0 Å². The maximum atomic E-state index is 13.2. The van der Waals surface area contributed by atoms with E-state index in [9.17, 15) is 19.1 Å². The first-order valence-electron chi connectivity index (χ1n) is 10.5. The number of carbonyl (C=O) groups excluding carboxylic acids is 2. The van der Waals surface area contributed by atoms with Gasteiger partial charge in [-0.15, -0.1) is 0 Å². The summed E-state index contributed by atoms with van der Waals surface area (Å²) in [5.41, 5.74) is 0.483. The van der Waals surface area contributed by atoms with Gasteiger partial charge in [-0.2, -0.15) is 0 Å². The number of hydrogen-bond acceptors (Lipinski definition) is 4. The number of carbonyl (C=O) groups is 2. The van der Waals surface area contributed by atoms with Crippen molar-refractivity contribution in [2.75, 3.05) is 26.2 Å². The Morgan fingerprint density at radius 2 is 2.14 bits per heavy atom. The van der Waals surface area contributed by atoms with E-state index >= 15 is 0 Å². The van der Waals surface area contributed by atoms with E-state index in [1.54, 1.807) is 6.92 Å². The number of rotatable bonds is 5. The Labute approximate surface area is 169 Å². The largest absolute Gasteiger partial charge is 0.378 e. The molecule has 2 saturated carbocycles. The van der Waals surface area contributed by atoms with Crippen LogP contribution in [0.4, 0.5) is 4.39 Å². The zero-order valence-corrected chi connectivity index (χ0v) is 16.6. The van der Waals surface area contributed by atoms with Gasteiger partial charge in [0.1, 0.15) is 5.82 Å². The normalized spacial score (nSPS) is 30.3. The number of likely N-dealkylation sites (tertiary alicyclic amines) is 1. The molecule has 5 rings (SSSR count). The first-order chi connectivity index (χ1) is 13.9. The highest BCUT2D eigenvalue weighted by Crippen LogP contribution is 2.72. The number of halogens is 1. The van der Waals surface area contributed by atoms with E-state index < -0.39 is 17.8 Å². The van der Waals surface area contributed by atoms with Crippen LogP contribution < -0.4 is 5.32 Å². The third-order valence-corrected chi connectivity index (χ3v) is 7.61. The number of nitrogens with zero attached hydrogens (tertiary/aromatic N) is 1. The van der Waals surface area contributed by atoms with E-state index in [1.807, 2.05) is 4.90 Å². The average Bonchev–Trinajstić information content (AvgIpc) is 3.25. The molecule has 1 aromatic rings. The van der Waals surface area contributed by atoms with Gasteiger partial charge in [-0.05, 0) is 55.9 Å². The Balaban J connectivity index is 1.12. The molecule has 7 heteroatoms. The topological polar surface area (TPSA) is 78.9 Å². The molecule has 6 nitrogen and oxygen atoms in total. The molecule has 0 radical (unpaired) electrons. The van der Waals surface area contributed by atoms with Gasteiger partial charge in [0, 0.05) is 31.5 Å². The van der Waals surface area contributed by atoms with Gasteiger partial charge in [-0.25, -0.2) is 4.39 Å². The number of ether oxygens (including phenoxy) is 1. The average molecular weight is 402 g/mol. The number of amides is 2. The van der Waals surface area contributed by atoms with Crippen LogP contribution in [0.1, 0.15) is 42.9 Å². The van der Waals surface area contributed by atoms with Crippen molar-refractivity contribution in [2.24, 2.45) is 17.3 Å². The summed E-state index contributed by atoms with van der Waals surface area (Å²) in [7, 11) is 0. The lowest BCUT2D eigenvalue weighted by molar-refractivity contribution is -0.164. The van der Waals surface area contributed by atoms with Crippen LogP contribution >= 0.6 is 0 Å². The molecule has 2 aliphatic heterocycles. The van der Waals surface area contributed by atoms with Crippen molar-refractivity contribution in [1.82, 2.24) is 10.2 Å². The number of nitrogens with one attached hydrogen (secondary N) is 1. The maximum Gasteiger partial charge on any atom is 0.253 e. The molecule has 156 valence electrons. The number of benzene rings is 1. The second-order valence-corrected chi connectivity index (χ2v) is 9.26. The van der Waals surface area contributed by atoms with Crippen molar-refractivity contribution in [3.8, 4) is 0 Å². The van der Waals surface area contributed by atoms with Crippen LogP contribution in [-0.2, 0) is 14.3 Å². The lowest BCUT2D eigenvalue weighted by atomic mass is 9.67. The van der Waals surface area contributed by atoms with Crippen molar-refractivity contribution < 1.29 is 23.8 Å². The number of aliphatic hydroxyl groups is 1. The summed E-state index contributed by atoms with van der Waals surface area (Å²) >= 11 is 0. The lowest BCUT2D eigenvalue weighted by Gasteiger charge is -2.48. The van der Waals surface area contributed by atoms with E-state index in [4.69, 9.17) is 4.74 Å². The first-order valence-corrected chi connectivity index (χ1v) is 10.5. The molecule has 3 atom stereocenters. The van der Waals surface area contributed by atoms with Crippen molar-refractivity contribution in [1.29, 1.82) is 0 Å². The minimum atomic E-state index is -1.33. The highest BCUT2D eigenvalue weighted by Gasteiger charge is 2.78. The van der Waals surface area contributed by atoms with Crippen LogP contribution in [0, 0.1) is 30.0 Å². The summed E-state index contributed by atoms with van der Waals surface area (Å²) in [5.74, 6) is -0.0696. The molecule has 2 aliphatic carbocycles. The standard InChI is InChI=1S/C22H27FN2O4/c1-13-7-16(23)3-4-17(13)18(26)19(27)24-9-14-10-25(11-14)20(28)22-8-15(22)12-29-21(22)5-2-6-21/h3-4,7,14-15,18,26H,2,5-6,8-12H2,1H3,(H,24,27)/t15-,18?,22-/m0/s1. The highest BCUT2D eigenvalue weighted by atomic mass is 19.1. The van der Waals surface area contributed by atoms with E-state index in [-0.39, 0.29) is 22.8 Å². The molecule has 1 aromatic carbocycles. The molecule has 1 spiro atoms. The van der Waals surface area contributed by atoms with Crippen molar-refractivity contribution in [3.63, 3.8) is 0 Å². The van der Waals surface area contributed by atoms with Crippen LogP contribution in [-0.4, -0.2) is 53.7 Å². The molecule has 29 heavy (non-hydrogen) atoms. The predicted molar refractivity (Wildman–Crippen MR) is 102 cm³/mol. The zero-order valence-electron chi connectivity index (χ0n) is 16.6. The summed E-state index contributed by atoms with van der Waals surface area (Å²) < 4.78 is 19.2. The third kappa shape index (κ3) is 2.74. The molecule has 4 fully saturated rings. The van der Waals surface area contributed by atoms with Crippen molar-refractivity contribution in [2.45, 2.75) is 44.3 Å². The van der Waals surface area contributed by atoms with E-state index in [0.29, 0.717) is 36.7 Å². The van der Waals surface area contributed by atoms with Crippen molar-refractivity contribution in [3.05, 3.63) is 35.1 Å². The van der Waals surface area contributed by atoms with Crippen molar-refractivity contribution >= 4 is 11.8 Å². The summed E-state index contributed by atoms with van der Waals surface area (Å²) in [6.07, 6.45) is 2.79. The number of fused-ring (bicyclic) bond motifs is 2. The minimum Gasteiger partial charge on any atom is -0.378 e. The summed E-state index contributed by atoms with van der Waals surface area (Å²) in [6.45, 7) is 4.07. The Bertz CT molecular complexity index is 864. The number of aryl methyl sites for hydroxylation is 1. The van der Waals surface area contributed by atoms with Gasteiger partial charge in [-0.3, -0.25) is 9.59 Å². The molecule has 2 heterocycles. The first kappa shape index (κ1) is 19.0. The highest BCUT2D eigenvalue weighted by molar-refractivity contribution is 5.89. The zero-order chi connectivity index (χ0) is 20.4. The van der Waals surface area contributed by atoms with Gasteiger partial charge in [0.25, 0.3) is 5.91 Å². The van der Waals surface area contributed by atoms with Gasteiger partial charge in [0.2, 0.25) is 5.91 Å². The Morgan fingerprint density at radius 3 is 2.76 bits per heavy atom. The fraction of sp³-hybridized carbons (Fsp3) is 0.636. The molecule has 2 amide bonds. The molecule has 2 N–H and O–H groups in total. The van der Waals surface area contributed by atoms with Gasteiger partial charge >= 0.3 is 0 Å². The fourth-order valence-electron chi connectivity index (χ4n) is 5.60. The number of hydrogen-bond donors (Lipinski definition) is 2. The molecule has 0 aromatic heterocycles. The molecule has 4 aliphatic rings. The van der Waals surface area contributed by atoms with E-state index in [2.05, 4.69) is 5.32 Å². The minimum absolute atomic E-state index is 0.189. The predicted octanol–water partition coefficient (Wildman–Crippen LogP) is 1.70. The van der Waals surface area contributed by atoms with Crippen LogP contribution in [0.15, 0.2) is 18.2 Å². The smallest absolute Gasteiger partial charge is 0.253 e. The SMILES string of the molecule is Cc1cc(F)ccc1C(O)C(=O)NCC1CN(C(=O)[C@]23C[C@H]2COC32CCC2)C1. The molecule has 0 bridgehead atoms. The van der Waals surface area contributed by atoms with Gasteiger partial charge in [0.15, 0.2) is 6.10 Å². The molecular formula is C22H27FN2O4. The van der Waals surface area contributed by atoms with E-state index in [1.165, 1.54) is 18.2 Å². The second kappa shape index (κ2) is 6.51. The fourth-order valence-corrected chi connectivity index (χ4v) is 5.60. The molecule has 2 saturated heterocycles. The Hall–Kier alpha value is -1.99. The second-order valence-electron chi connectivity index (χ2n) is 9.26. The summed E-state index contributed by atoms with van der Waals surface area (Å²) in [4.78, 5) is 27.3.